The maximum Gasteiger partial charge on any atom is 0.242 e. The maximum atomic E-state index is 12.1. The fourth-order valence-corrected chi connectivity index (χ4v) is 3.10. The number of aryl methyl sites for hydroxylation is 1. The van der Waals surface area contributed by atoms with E-state index in [1.165, 1.54) is 51.7 Å². The summed E-state index contributed by atoms with van der Waals surface area (Å²) in [6.07, 6.45) is 11.3. The smallest absolute Gasteiger partial charge is 0.242 e. The maximum absolute atomic E-state index is 12.1. The van der Waals surface area contributed by atoms with E-state index in [2.05, 4.69) is 15.2 Å². The molecule has 0 bridgehead atoms. The number of hydrogen-bond donors (Lipinski definition) is 1. The van der Waals surface area contributed by atoms with E-state index in [9.17, 15) is 4.79 Å². The Kier molecular flexibility index (Phi) is 6.90. The Hall–Kier alpha value is -1.36. The van der Waals surface area contributed by atoms with Crippen LogP contribution in [0, 0.1) is 6.92 Å². The predicted molar refractivity (Wildman–Crippen MR) is 88.8 cm³/mol. The number of imidazole rings is 1. The molecule has 0 radical (unpaired) electrons. The second-order valence-electron chi connectivity index (χ2n) is 6.31. The number of likely N-dealkylation sites (tertiary alicyclic amines) is 1. The van der Waals surface area contributed by atoms with Gasteiger partial charge in [-0.3, -0.25) is 4.79 Å². The summed E-state index contributed by atoms with van der Waals surface area (Å²) in [6, 6.07) is -0.187. The lowest BCUT2D eigenvalue weighted by Crippen LogP contribution is -2.32. The molecule has 0 unspecified atom stereocenters. The summed E-state index contributed by atoms with van der Waals surface area (Å²) in [5.41, 5.74) is 0. The quantitative estimate of drug-likeness (QED) is 0.788. The van der Waals surface area contributed by atoms with Crippen LogP contribution in [0.25, 0.3) is 0 Å². The minimum Gasteiger partial charge on any atom is -0.354 e. The highest BCUT2D eigenvalue weighted by Gasteiger charge is 2.15. The minimum atomic E-state index is -0.187. The third-order valence-electron chi connectivity index (χ3n) is 4.56. The molecule has 5 heteroatoms. The zero-order valence-corrected chi connectivity index (χ0v) is 14.1. The molecular formula is C17H30N4O. The van der Waals surface area contributed by atoms with Crippen LogP contribution in [-0.2, 0) is 4.79 Å². The summed E-state index contributed by atoms with van der Waals surface area (Å²) in [7, 11) is 0. The SMILES string of the molecule is Cc1nccn1[C@H](C)C(=O)NCCCCN1CCCCCC1. The zero-order chi connectivity index (χ0) is 15.8. The number of carbonyl (C=O) groups is 1. The summed E-state index contributed by atoms with van der Waals surface area (Å²) < 4.78 is 1.91. The summed E-state index contributed by atoms with van der Waals surface area (Å²) in [5.74, 6) is 0.958. The normalized spacial score (nSPS) is 17.9. The molecule has 1 aromatic rings. The van der Waals surface area contributed by atoms with E-state index in [0.717, 1.165) is 18.8 Å². The number of hydrogen-bond acceptors (Lipinski definition) is 3. The molecule has 0 aromatic carbocycles. The van der Waals surface area contributed by atoms with Crippen molar-refractivity contribution in [3.05, 3.63) is 18.2 Å². The van der Waals surface area contributed by atoms with Crippen molar-refractivity contribution in [1.29, 1.82) is 0 Å². The van der Waals surface area contributed by atoms with Gasteiger partial charge >= 0.3 is 0 Å². The van der Waals surface area contributed by atoms with Crippen molar-refractivity contribution >= 4 is 5.91 Å². The Morgan fingerprint density at radius 2 is 2.00 bits per heavy atom. The lowest BCUT2D eigenvalue weighted by atomic mass is 10.2. The first kappa shape index (κ1) is 17.0. The van der Waals surface area contributed by atoms with E-state index in [0.29, 0.717) is 0 Å². The van der Waals surface area contributed by atoms with Crippen molar-refractivity contribution in [3.63, 3.8) is 0 Å². The van der Waals surface area contributed by atoms with Crippen molar-refractivity contribution in [2.45, 2.75) is 58.4 Å². The van der Waals surface area contributed by atoms with E-state index in [4.69, 9.17) is 0 Å². The first-order chi connectivity index (χ1) is 10.7. The monoisotopic (exact) mass is 306 g/mol. The van der Waals surface area contributed by atoms with Crippen molar-refractivity contribution in [2.24, 2.45) is 0 Å². The first-order valence-electron chi connectivity index (χ1n) is 8.68. The fraction of sp³-hybridized carbons (Fsp3) is 0.765. The average molecular weight is 306 g/mol. The zero-order valence-electron chi connectivity index (χ0n) is 14.1. The average Bonchev–Trinajstić information content (AvgIpc) is 2.78. The molecule has 1 N–H and O–H groups in total. The fourth-order valence-electron chi connectivity index (χ4n) is 3.10. The van der Waals surface area contributed by atoms with E-state index in [1.54, 1.807) is 6.20 Å². The van der Waals surface area contributed by atoms with Gasteiger partial charge in [0.2, 0.25) is 5.91 Å². The number of aromatic nitrogens is 2. The van der Waals surface area contributed by atoms with Crippen LogP contribution in [-0.4, -0.2) is 46.5 Å². The minimum absolute atomic E-state index is 0.0795. The lowest BCUT2D eigenvalue weighted by Gasteiger charge is -2.19. The van der Waals surface area contributed by atoms with Crippen LogP contribution >= 0.6 is 0 Å². The number of nitrogens with zero attached hydrogens (tertiary/aromatic N) is 3. The van der Waals surface area contributed by atoms with Crippen molar-refractivity contribution < 1.29 is 4.79 Å². The summed E-state index contributed by atoms with van der Waals surface area (Å²) in [5, 5.41) is 3.04. The molecular weight excluding hydrogens is 276 g/mol. The van der Waals surface area contributed by atoms with E-state index >= 15 is 0 Å². The van der Waals surface area contributed by atoms with Crippen LogP contribution in [0.4, 0.5) is 0 Å². The van der Waals surface area contributed by atoms with Gasteiger partial charge in [0.05, 0.1) is 0 Å². The highest BCUT2D eigenvalue weighted by molar-refractivity contribution is 5.79. The van der Waals surface area contributed by atoms with E-state index < -0.39 is 0 Å². The topological polar surface area (TPSA) is 50.2 Å². The van der Waals surface area contributed by atoms with Crippen LogP contribution < -0.4 is 5.32 Å². The van der Waals surface area contributed by atoms with Gasteiger partial charge in [-0.15, -0.1) is 0 Å². The van der Waals surface area contributed by atoms with Gasteiger partial charge in [-0.05, 0) is 59.2 Å². The Bertz CT molecular complexity index is 449. The van der Waals surface area contributed by atoms with Gasteiger partial charge in [-0.25, -0.2) is 4.98 Å². The molecule has 0 aliphatic carbocycles. The number of unbranched alkanes of at least 4 members (excludes halogenated alkanes) is 1. The molecule has 2 rings (SSSR count). The van der Waals surface area contributed by atoms with Gasteiger partial charge in [-0.1, -0.05) is 12.8 Å². The summed E-state index contributed by atoms with van der Waals surface area (Å²) >= 11 is 0. The van der Waals surface area contributed by atoms with Crippen LogP contribution in [0.1, 0.15) is 57.3 Å². The number of nitrogens with one attached hydrogen (secondary N) is 1. The number of rotatable bonds is 7. The summed E-state index contributed by atoms with van der Waals surface area (Å²) in [4.78, 5) is 18.9. The van der Waals surface area contributed by atoms with Gasteiger partial charge in [-0.2, -0.15) is 0 Å². The molecule has 22 heavy (non-hydrogen) atoms. The van der Waals surface area contributed by atoms with Crippen LogP contribution in [0.15, 0.2) is 12.4 Å². The Balaban J connectivity index is 1.60. The molecule has 1 saturated heterocycles. The Morgan fingerprint density at radius 1 is 1.27 bits per heavy atom. The predicted octanol–water partition coefficient (Wildman–Crippen LogP) is 2.52. The second-order valence-corrected chi connectivity index (χ2v) is 6.31. The summed E-state index contributed by atoms with van der Waals surface area (Å²) in [6.45, 7) is 8.29. The van der Waals surface area contributed by atoms with Crippen LogP contribution in [0.5, 0.6) is 0 Å². The number of carbonyl (C=O) groups excluding carboxylic acids is 1. The third kappa shape index (κ3) is 5.13. The van der Waals surface area contributed by atoms with Crippen molar-refractivity contribution in [3.8, 4) is 0 Å². The second kappa shape index (κ2) is 8.93. The van der Waals surface area contributed by atoms with Gasteiger partial charge in [0.1, 0.15) is 11.9 Å². The molecule has 1 atom stereocenters. The van der Waals surface area contributed by atoms with Crippen molar-refractivity contribution in [1.82, 2.24) is 19.8 Å². The Labute approximate surface area is 134 Å². The van der Waals surface area contributed by atoms with Gasteiger partial charge in [0, 0.05) is 18.9 Å². The van der Waals surface area contributed by atoms with E-state index in [-0.39, 0.29) is 11.9 Å². The van der Waals surface area contributed by atoms with Gasteiger partial charge in [0.15, 0.2) is 0 Å². The number of amides is 1. The highest BCUT2D eigenvalue weighted by atomic mass is 16.2. The molecule has 1 amide bonds. The standard InChI is InChI=1S/C17H30N4O/c1-15(21-14-10-18-16(21)2)17(22)19-9-5-8-13-20-11-6-3-4-7-12-20/h10,14-15H,3-9,11-13H2,1-2H3,(H,19,22)/t15-/m1/s1. The molecule has 1 fully saturated rings. The molecule has 2 heterocycles. The van der Waals surface area contributed by atoms with Crippen LogP contribution in [0.3, 0.4) is 0 Å². The molecule has 5 nitrogen and oxygen atoms in total. The molecule has 1 aliphatic heterocycles. The largest absolute Gasteiger partial charge is 0.354 e. The Morgan fingerprint density at radius 3 is 2.64 bits per heavy atom. The molecule has 1 aromatic heterocycles. The third-order valence-corrected chi connectivity index (χ3v) is 4.56. The van der Waals surface area contributed by atoms with Crippen molar-refractivity contribution in [2.75, 3.05) is 26.2 Å². The van der Waals surface area contributed by atoms with E-state index in [1.807, 2.05) is 24.6 Å². The molecule has 124 valence electrons. The van der Waals surface area contributed by atoms with Crippen LogP contribution in [0.2, 0.25) is 0 Å². The molecule has 0 spiro atoms. The first-order valence-corrected chi connectivity index (χ1v) is 8.68. The molecule has 1 aliphatic rings. The lowest BCUT2D eigenvalue weighted by molar-refractivity contribution is -0.123. The van der Waals surface area contributed by atoms with Gasteiger partial charge in [0.25, 0.3) is 0 Å². The molecule has 0 saturated carbocycles. The highest BCUT2D eigenvalue weighted by Crippen LogP contribution is 2.10. The van der Waals surface area contributed by atoms with Gasteiger partial charge < -0.3 is 14.8 Å².